The number of hydrogen-bond donors (Lipinski definition) is 1. The average molecular weight is 357 g/mol. The van der Waals surface area contributed by atoms with Crippen LogP contribution in [0.1, 0.15) is 29.1 Å². The van der Waals surface area contributed by atoms with Gasteiger partial charge >= 0.3 is 5.84 Å². The minimum atomic E-state index is -0.319. The molecule has 26 heavy (non-hydrogen) atoms. The summed E-state index contributed by atoms with van der Waals surface area (Å²) in [6.07, 6.45) is 2.45. The maximum absolute atomic E-state index is 13.0. The van der Waals surface area contributed by atoms with Crippen molar-refractivity contribution in [3.63, 3.8) is 0 Å². The third-order valence-electron chi connectivity index (χ3n) is 4.64. The Morgan fingerprint density at radius 2 is 2.00 bits per heavy atom. The van der Waals surface area contributed by atoms with Crippen LogP contribution in [0.4, 0.5) is 4.39 Å². The van der Waals surface area contributed by atoms with Gasteiger partial charge in [-0.3, -0.25) is 4.79 Å². The third-order valence-corrected chi connectivity index (χ3v) is 4.64. The van der Waals surface area contributed by atoms with E-state index in [2.05, 4.69) is 20.3 Å². The van der Waals surface area contributed by atoms with E-state index in [1.165, 1.54) is 29.5 Å². The number of nitrogens with one attached hydrogen (secondary N) is 1. The molecule has 7 nitrogen and oxygen atoms in total. The summed E-state index contributed by atoms with van der Waals surface area (Å²) in [5.41, 5.74) is 1.26. The molecule has 3 heterocycles. The lowest BCUT2D eigenvalue weighted by Crippen LogP contribution is -2.33. The molecule has 0 spiro atoms. The summed E-state index contributed by atoms with van der Waals surface area (Å²) in [6, 6.07) is 5.91. The Bertz CT molecular complexity index is 925. The number of amides is 1. The number of nitrogens with zero attached hydrogens (tertiary/aromatic N) is 4. The highest BCUT2D eigenvalue weighted by atomic mass is 19.1. The first kappa shape index (κ1) is 16.7. The molecule has 8 heteroatoms. The molecule has 1 amide bonds. The van der Waals surface area contributed by atoms with E-state index in [1.54, 1.807) is 19.1 Å². The van der Waals surface area contributed by atoms with E-state index in [0.717, 1.165) is 19.6 Å². The summed E-state index contributed by atoms with van der Waals surface area (Å²) in [4.78, 5) is 19.0. The predicted octanol–water partition coefficient (Wildman–Crippen LogP) is 2.26. The molecule has 1 aliphatic rings. The van der Waals surface area contributed by atoms with E-state index in [-0.39, 0.29) is 23.3 Å². The number of rotatable bonds is 5. The number of carbonyl (C=O) groups is 1. The summed E-state index contributed by atoms with van der Waals surface area (Å²) in [5.74, 6) is 0.296. The number of hydrogen-bond acceptors (Lipinski definition) is 5. The largest absolute Gasteiger partial charge is 0.416 e. The van der Waals surface area contributed by atoms with Crippen molar-refractivity contribution in [3.8, 4) is 11.4 Å². The van der Waals surface area contributed by atoms with Gasteiger partial charge in [-0.05, 0) is 57.1 Å². The molecule has 0 aliphatic carbocycles. The Balaban J connectivity index is 1.48. The summed E-state index contributed by atoms with van der Waals surface area (Å²) < 4.78 is 20.1. The molecule has 3 aromatic rings. The summed E-state index contributed by atoms with van der Waals surface area (Å²) >= 11 is 0. The number of likely N-dealkylation sites (tertiary alicyclic amines) is 1. The van der Waals surface area contributed by atoms with Crippen LogP contribution in [-0.2, 0) is 0 Å². The van der Waals surface area contributed by atoms with E-state index >= 15 is 0 Å². The van der Waals surface area contributed by atoms with Crippen LogP contribution in [-0.4, -0.2) is 51.6 Å². The van der Waals surface area contributed by atoms with Crippen molar-refractivity contribution < 1.29 is 13.6 Å². The van der Waals surface area contributed by atoms with Crippen LogP contribution in [0.3, 0.4) is 0 Å². The lowest BCUT2D eigenvalue weighted by atomic mass is 10.2. The summed E-state index contributed by atoms with van der Waals surface area (Å²) in [5, 5.41) is 7.24. The fourth-order valence-electron chi connectivity index (χ4n) is 3.19. The van der Waals surface area contributed by atoms with Crippen molar-refractivity contribution in [1.29, 1.82) is 0 Å². The van der Waals surface area contributed by atoms with Gasteiger partial charge in [0.05, 0.1) is 5.69 Å². The zero-order valence-electron chi connectivity index (χ0n) is 14.5. The maximum Gasteiger partial charge on any atom is 0.325 e. The van der Waals surface area contributed by atoms with E-state index in [9.17, 15) is 9.18 Å². The molecule has 1 aromatic carbocycles. The van der Waals surface area contributed by atoms with Crippen molar-refractivity contribution in [2.75, 3.05) is 26.2 Å². The Labute approximate surface area is 149 Å². The first-order chi connectivity index (χ1) is 12.6. The highest BCUT2D eigenvalue weighted by Crippen LogP contribution is 2.20. The van der Waals surface area contributed by atoms with Crippen molar-refractivity contribution in [1.82, 2.24) is 24.8 Å². The molecular weight excluding hydrogens is 337 g/mol. The van der Waals surface area contributed by atoms with Gasteiger partial charge in [-0.2, -0.15) is 9.50 Å². The van der Waals surface area contributed by atoms with Gasteiger partial charge in [0.1, 0.15) is 5.82 Å². The topological polar surface area (TPSA) is 75.7 Å². The van der Waals surface area contributed by atoms with Gasteiger partial charge in [0, 0.05) is 18.7 Å². The van der Waals surface area contributed by atoms with E-state index in [0.29, 0.717) is 23.6 Å². The molecule has 0 saturated carbocycles. The Morgan fingerprint density at radius 3 is 2.69 bits per heavy atom. The molecule has 4 rings (SSSR count). The molecule has 0 bridgehead atoms. The number of aromatic nitrogens is 3. The van der Waals surface area contributed by atoms with Crippen LogP contribution in [0.25, 0.3) is 17.2 Å². The van der Waals surface area contributed by atoms with E-state index in [4.69, 9.17) is 4.42 Å². The molecular formula is C18H20FN5O2. The standard InChI is InChI=1S/C18H20FN5O2/c1-12-15(17(25)20-8-11-23-9-2-3-10-23)26-18-21-16(22-24(12)18)13-4-6-14(19)7-5-13/h4-7H,2-3,8-11H2,1H3,(H,20,25). The fraction of sp³-hybridized carbons (Fsp3) is 0.389. The first-order valence-corrected chi connectivity index (χ1v) is 8.74. The molecule has 136 valence electrons. The highest BCUT2D eigenvalue weighted by Gasteiger charge is 2.21. The maximum atomic E-state index is 13.0. The Kier molecular flexibility index (Phi) is 4.42. The fourth-order valence-corrected chi connectivity index (χ4v) is 3.19. The zero-order chi connectivity index (χ0) is 18.1. The predicted molar refractivity (Wildman–Crippen MR) is 93.4 cm³/mol. The van der Waals surface area contributed by atoms with Crippen LogP contribution in [0.15, 0.2) is 28.7 Å². The second kappa shape index (κ2) is 6.87. The minimum Gasteiger partial charge on any atom is -0.416 e. The lowest BCUT2D eigenvalue weighted by Gasteiger charge is -2.14. The average Bonchev–Trinajstić information content (AvgIpc) is 3.34. The minimum absolute atomic E-state index is 0.215. The van der Waals surface area contributed by atoms with Crippen molar-refractivity contribution in [3.05, 3.63) is 41.5 Å². The quantitative estimate of drug-likeness (QED) is 0.758. The van der Waals surface area contributed by atoms with Crippen LogP contribution in [0, 0.1) is 12.7 Å². The number of benzene rings is 1. The number of oxazole rings is 1. The van der Waals surface area contributed by atoms with Crippen LogP contribution in [0.5, 0.6) is 0 Å². The molecule has 1 fully saturated rings. The van der Waals surface area contributed by atoms with Gasteiger partial charge in [-0.25, -0.2) is 4.39 Å². The van der Waals surface area contributed by atoms with E-state index < -0.39 is 0 Å². The normalized spacial score (nSPS) is 15.0. The van der Waals surface area contributed by atoms with Crippen LogP contribution < -0.4 is 5.32 Å². The number of fused-ring (bicyclic) bond motifs is 1. The van der Waals surface area contributed by atoms with Gasteiger partial charge in [0.15, 0.2) is 5.82 Å². The summed E-state index contributed by atoms with van der Waals surface area (Å²) in [7, 11) is 0. The lowest BCUT2D eigenvalue weighted by molar-refractivity contribution is 0.0923. The Hall–Kier alpha value is -2.74. The van der Waals surface area contributed by atoms with Gasteiger partial charge in [-0.15, -0.1) is 5.10 Å². The van der Waals surface area contributed by atoms with Crippen LogP contribution >= 0.6 is 0 Å². The van der Waals surface area contributed by atoms with Crippen LogP contribution in [0.2, 0.25) is 0 Å². The SMILES string of the molecule is Cc1c(C(=O)NCCN2CCCC2)oc2nc(-c3ccc(F)cc3)nn12. The summed E-state index contributed by atoms with van der Waals surface area (Å²) in [6.45, 7) is 5.37. The Morgan fingerprint density at radius 1 is 1.27 bits per heavy atom. The molecule has 1 aliphatic heterocycles. The van der Waals surface area contributed by atoms with Crippen molar-refractivity contribution in [2.24, 2.45) is 0 Å². The van der Waals surface area contributed by atoms with E-state index in [1.807, 2.05) is 0 Å². The number of carbonyl (C=O) groups excluding carboxylic acids is 1. The molecule has 2 aromatic heterocycles. The van der Waals surface area contributed by atoms with Crippen molar-refractivity contribution >= 4 is 11.8 Å². The number of aryl methyl sites for hydroxylation is 1. The smallest absolute Gasteiger partial charge is 0.325 e. The molecule has 0 radical (unpaired) electrons. The molecule has 1 N–H and O–H groups in total. The zero-order valence-corrected chi connectivity index (χ0v) is 14.5. The van der Waals surface area contributed by atoms with Gasteiger partial charge in [-0.1, -0.05) is 0 Å². The molecule has 1 saturated heterocycles. The van der Waals surface area contributed by atoms with Gasteiger partial charge in [0.2, 0.25) is 5.76 Å². The second-order valence-corrected chi connectivity index (χ2v) is 6.46. The van der Waals surface area contributed by atoms with Gasteiger partial charge < -0.3 is 14.6 Å². The second-order valence-electron chi connectivity index (χ2n) is 6.46. The molecule has 0 atom stereocenters. The third kappa shape index (κ3) is 3.20. The molecule has 0 unspecified atom stereocenters. The highest BCUT2D eigenvalue weighted by molar-refractivity contribution is 5.92. The van der Waals surface area contributed by atoms with Gasteiger partial charge in [0.25, 0.3) is 5.91 Å². The monoisotopic (exact) mass is 357 g/mol. The number of halogens is 1. The van der Waals surface area contributed by atoms with Crippen molar-refractivity contribution in [2.45, 2.75) is 19.8 Å². The first-order valence-electron chi connectivity index (χ1n) is 8.74.